The number of hydrogen-bond donors (Lipinski definition) is 1. The molecule has 23 heavy (non-hydrogen) atoms. The van der Waals surface area contributed by atoms with E-state index in [4.69, 9.17) is 0 Å². The molecule has 3 aromatic rings. The number of nitrogens with one attached hydrogen (secondary N) is 1. The van der Waals surface area contributed by atoms with Crippen molar-refractivity contribution in [2.45, 2.75) is 11.3 Å². The molecule has 0 saturated carbocycles. The van der Waals surface area contributed by atoms with Crippen LogP contribution in [0.2, 0.25) is 0 Å². The van der Waals surface area contributed by atoms with Crippen molar-refractivity contribution in [3.8, 4) is 0 Å². The molecule has 0 spiro atoms. The van der Waals surface area contributed by atoms with E-state index in [1.54, 1.807) is 0 Å². The SMILES string of the molecule is O=C(CCSc1ccc(F)c(F)c1)Nc1nc2ccccc2s1. The first-order valence-corrected chi connectivity index (χ1v) is 8.65. The molecule has 7 heteroatoms. The third-order valence-corrected chi connectivity index (χ3v) is 4.98. The molecule has 0 saturated heterocycles. The van der Waals surface area contributed by atoms with Crippen molar-refractivity contribution in [1.82, 2.24) is 4.98 Å². The Morgan fingerprint density at radius 1 is 1.17 bits per heavy atom. The van der Waals surface area contributed by atoms with Crippen molar-refractivity contribution in [2.75, 3.05) is 11.1 Å². The van der Waals surface area contributed by atoms with Crippen LogP contribution in [0.3, 0.4) is 0 Å². The van der Waals surface area contributed by atoms with Crippen molar-refractivity contribution in [1.29, 1.82) is 0 Å². The van der Waals surface area contributed by atoms with Crippen molar-refractivity contribution in [2.24, 2.45) is 0 Å². The van der Waals surface area contributed by atoms with Crippen LogP contribution in [0.15, 0.2) is 47.4 Å². The Hall–Kier alpha value is -1.99. The number of benzene rings is 2. The number of thiazole rings is 1. The van der Waals surface area contributed by atoms with Crippen LogP contribution in [-0.4, -0.2) is 16.6 Å². The minimum atomic E-state index is -0.881. The highest BCUT2D eigenvalue weighted by atomic mass is 32.2. The van der Waals surface area contributed by atoms with E-state index in [1.807, 2.05) is 24.3 Å². The molecule has 118 valence electrons. The molecule has 0 aliphatic carbocycles. The summed E-state index contributed by atoms with van der Waals surface area (Å²) in [7, 11) is 0. The van der Waals surface area contributed by atoms with E-state index in [1.165, 1.54) is 29.2 Å². The molecular weight excluding hydrogens is 338 g/mol. The van der Waals surface area contributed by atoms with Gasteiger partial charge in [-0.15, -0.1) is 11.8 Å². The molecule has 3 rings (SSSR count). The van der Waals surface area contributed by atoms with Crippen molar-refractivity contribution in [3.05, 3.63) is 54.1 Å². The van der Waals surface area contributed by atoms with E-state index in [-0.39, 0.29) is 12.3 Å². The molecule has 1 heterocycles. The topological polar surface area (TPSA) is 42.0 Å². The summed E-state index contributed by atoms with van der Waals surface area (Å²) in [5.74, 6) is -1.43. The number of rotatable bonds is 5. The summed E-state index contributed by atoms with van der Waals surface area (Å²) in [6.45, 7) is 0. The zero-order chi connectivity index (χ0) is 16.2. The second kappa shape index (κ2) is 7.06. The summed E-state index contributed by atoms with van der Waals surface area (Å²) in [6, 6.07) is 11.4. The van der Waals surface area contributed by atoms with Crippen LogP contribution in [0.5, 0.6) is 0 Å². The number of anilines is 1. The Kier molecular flexibility index (Phi) is 4.88. The summed E-state index contributed by atoms with van der Waals surface area (Å²) < 4.78 is 26.9. The summed E-state index contributed by atoms with van der Waals surface area (Å²) in [5.41, 5.74) is 0.851. The minimum absolute atomic E-state index is 0.154. The number of para-hydroxylation sites is 1. The van der Waals surface area contributed by atoms with E-state index < -0.39 is 11.6 Å². The second-order valence-corrected chi connectivity index (χ2v) is 6.91. The summed E-state index contributed by atoms with van der Waals surface area (Å²) in [6.07, 6.45) is 0.263. The number of carbonyl (C=O) groups excluding carboxylic acids is 1. The van der Waals surface area contributed by atoms with Gasteiger partial charge >= 0.3 is 0 Å². The molecule has 0 radical (unpaired) electrons. The molecule has 0 bridgehead atoms. The minimum Gasteiger partial charge on any atom is -0.302 e. The Balaban J connectivity index is 1.52. The second-order valence-electron chi connectivity index (χ2n) is 4.71. The smallest absolute Gasteiger partial charge is 0.226 e. The standard InChI is InChI=1S/C16H12F2N2OS2/c17-11-6-5-10(9-12(11)18)22-8-7-15(21)20-16-19-13-3-1-2-4-14(13)23-16/h1-6,9H,7-8H2,(H,19,20,21). The number of amides is 1. The van der Waals surface area contributed by atoms with Gasteiger partial charge in [0.15, 0.2) is 16.8 Å². The van der Waals surface area contributed by atoms with E-state index in [0.29, 0.717) is 15.8 Å². The molecule has 1 aromatic heterocycles. The lowest BCUT2D eigenvalue weighted by Crippen LogP contribution is -2.11. The molecule has 0 fully saturated rings. The largest absolute Gasteiger partial charge is 0.302 e. The molecule has 0 aliphatic rings. The average molecular weight is 350 g/mol. The third-order valence-electron chi connectivity index (χ3n) is 3.03. The zero-order valence-corrected chi connectivity index (χ0v) is 13.5. The normalized spacial score (nSPS) is 10.9. The van der Waals surface area contributed by atoms with Crippen LogP contribution >= 0.6 is 23.1 Å². The molecule has 1 N–H and O–H groups in total. The maximum absolute atomic E-state index is 13.1. The van der Waals surface area contributed by atoms with Gasteiger partial charge in [-0.3, -0.25) is 4.79 Å². The highest BCUT2D eigenvalue weighted by Crippen LogP contribution is 2.26. The van der Waals surface area contributed by atoms with Gasteiger partial charge in [0, 0.05) is 17.1 Å². The number of carbonyl (C=O) groups is 1. The molecule has 3 nitrogen and oxygen atoms in total. The average Bonchev–Trinajstić information content (AvgIpc) is 2.93. The van der Waals surface area contributed by atoms with E-state index in [0.717, 1.165) is 22.3 Å². The summed E-state index contributed by atoms with van der Waals surface area (Å²) >= 11 is 2.72. The van der Waals surface area contributed by atoms with Crippen LogP contribution in [-0.2, 0) is 4.79 Å². The van der Waals surface area contributed by atoms with Crippen LogP contribution in [0.4, 0.5) is 13.9 Å². The fourth-order valence-corrected chi connectivity index (χ4v) is 3.69. The van der Waals surface area contributed by atoms with Crippen LogP contribution in [0, 0.1) is 11.6 Å². The van der Waals surface area contributed by atoms with E-state index in [9.17, 15) is 13.6 Å². The predicted molar refractivity (Wildman–Crippen MR) is 89.9 cm³/mol. The lowest BCUT2D eigenvalue weighted by Gasteiger charge is -2.03. The van der Waals surface area contributed by atoms with Crippen molar-refractivity contribution >= 4 is 44.4 Å². The number of thioether (sulfide) groups is 1. The van der Waals surface area contributed by atoms with Gasteiger partial charge in [0.25, 0.3) is 0 Å². The highest BCUT2D eigenvalue weighted by molar-refractivity contribution is 7.99. The van der Waals surface area contributed by atoms with Gasteiger partial charge < -0.3 is 5.32 Å². The quantitative estimate of drug-likeness (QED) is 0.679. The first-order chi connectivity index (χ1) is 11.1. The Labute approximate surface area is 139 Å². The molecular formula is C16H12F2N2OS2. The summed E-state index contributed by atoms with van der Waals surface area (Å²) in [5, 5.41) is 3.32. The van der Waals surface area contributed by atoms with Gasteiger partial charge in [0.1, 0.15) is 0 Å². The monoisotopic (exact) mass is 350 g/mol. The molecule has 2 aromatic carbocycles. The first kappa shape index (κ1) is 15.9. The number of fused-ring (bicyclic) bond motifs is 1. The lowest BCUT2D eigenvalue weighted by atomic mass is 10.3. The van der Waals surface area contributed by atoms with Crippen LogP contribution < -0.4 is 5.32 Å². The maximum Gasteiger partial charge on any atom is 0.226 e. The van der Waals surface area contributed by atoms with Gasteiger partial charge in [-0.25, -0.2) is 13.8 Å². The number of halogens is 2. The third kappa shape index (κ3) is 4.05. The Morgan fingerprint density at radius 2 is 2.00 bits per heavy atom. The van der Waals surface area contributed by atoms with Crippen LogP contribution in [0.1, 0.15) is 6.42 Å². The predicted octanol–water partition coefficient (Wildman–Crippen LogP) is 4.70. The van der Waals surface area contributed by atoms with Gasteiger partial charge in [0.05, 0.1) is 10.2 Å². The first-order valence-electron chi connectivity index (χ1n) is 6.85. The zero-order valence-electron chi connectivity index (χ0n) is 11.9. The number of aromatic nitrogens is 1. The van der Waals surface area contributed by atoms with Gasteiger partial charge in [-0.1, -0.05) is 23.5 Å². The Morgan fingerprint density at radius 3 is 2.78 bits per heavy atom. The molecule has 0 aliphatic heterocycles. The van der Waals surface area contributed by atoms with Crippen molar-refractivity contribution in [3.63, 3.8) is 0 Å². The lowest BCUT2D eigenvalue weighted by molar-refractivity contribution is -0.115. The van der Waals surface area contributed by atoms with E-state index in [2.05, 4.69) is 10.3 Å². The summed E-state index contributed by atoms with van der Waals surface area (Å²) in [4.78, 5) is 16.8. The van der Waals surface area contributed by atoms with Gasteiger partial charge in [-0.05, 0) is 30.3 Å². The van der Waals surface area contributed by atoms with Gasteiger partial charge in [0.2, 0.25) is 5.91 Å². The van der Waals surface area contributed by atoms with Gasteiger partial charge in [-0.2, -0.15) is 0 Å². The van der Waals surface area contributed by atoms with E-state index >= 15 is 0 Å². The molecule has 1 amide bonds. The molecule has 0 atom stereocenters. The van der Waals surface area contributed by atoms with Crippen molar-refractivity contribution < 1.29 is 13.6 Å². The maximum atomic E-state index is 13.1. The fourth-order valence-electron chi connectivity index (χ4n) is 1.94. The Bertz CT molecular complexity index is 818. The highest BCUT2D eigenvalue weighted by Gasteiger charge is 2.08. The molecule has 0 unspecified atom stereocenters. The fraction of sp³-hybridized carbons (Fsp3) is 0.125. The van der Waals surface area contributed by atoms with Crippen LogP contribution in [0.25, 0.3) is 10.2 Å². The number of hydrogen-bond acceptors (Lipinski definition) is 4. The number of nitrogens with zero attached hydrogens (tertiary/aromatic N) is 1.